The van der Waals surface area contributed by atoms with E-state index in [-0.39, 0.29) is 0 Å². The van der Waals surface area contributed by atoms with Crippen LogP contribution in [0.25, 0.3) is 0 Å². The molecular formula is C14H18ClN. The minimum absolute atomic E-state index is 0.680. The molecule has 0 radical (unpaired) electrons. The molecule has 0 atom stereocenters. The smallest absolute Gasteiger partial charge is 0.0637 e. The second-order valence-corrected chi connectivity index (χ2v) is 5.74. The van der Waals surface area contributed by atoms with Crippen molar-refractivity contribution in [2.24, 2.45) is 11.8 Å². The van der Waals surface area contributed by atoms with E-state index in [0.717, 1.165) is 22.5 Å². The van der Waals surface area contributed by atoms with E-state index in [1.165, 1.54) is 31.2 Å². The third kappa shape index (κ3) is 2.20. The minimum Gasteiger partial charge on any atom is -0.381 e. The molecule has 0 amide bonds. The fourth-order valence-electron chi connectivity index (χ4n) is 2.46. The predicted octanol–water partition coefficient (Wildman–Crippen LogP) is 4.25. The van der Waals surface area contributed by atoms with Crippen LogP contribution in [0.15, 0.2) is 18.2 Å². The molecule has 1 nitrogen and oxygen atoms in total. The fourth-order valence-corrected chi connectivity index (χ4v) is 2.63. The zero-order chi connectivity index (χ0) is 11.1. The van der Waals surface area contributed by atoms with E-state index in [2.05, 4.69) is 24.4 Å². The van der Waals surface area contributed by atoms with Gasteiger partial charge in [0.2, 0.25) is 0 Å². The second-order valence-electron chi connectivity index (χ2n) is 5.33. The van der Waals surface area contributed by atoms with E-state index in [1.807, 2.05) is 6.07 Å². The molecule has 2 fully saturated rings. The van der Waals surface area contributed by atoms with Crippen LogP contribution in [0.4, 0.5) is 5.69 Å². The van der Waals surface area contributed by atoms with E-state index in [4.69, 9.17) is 11.6 Å². The van der Waals surface area contributed by atoms with Gasteiger partial charge in [-0.15, -0.1) is 0 Å². The Labute approximate surface area is 102 Å². The zero-order valence-electron chi connectivity index (χ0n) is 9.67. The topological polar surface area (TPSA) is 12.0 Å². The summed E-state index contributed by atoms with van der Waals surface area (Å²) in [6.07, 6.45) is 5.60. The highest BCUT2D eigenvalue weighted by molar-refractivity contribution is 6.33. The first-order valence-corrected chi connectivity index (χ1v) is 6.64. The lowest BCUT2D eigenvalue weighted by molar-refractivity contribution is 0.568. The molecule has 2 heteroatoms. The van der Waals surface area contributed by atoms with Gasteiger partial charge in [0, 0.05) is 6.04 Å². The van der Waals surface area contributed by atoms with Crippen LogP contribution in [0, 0.1) is 18.8 Å². The number of aryl methyl sites for hydroxylation is 1. The Morgan fingerprint density at radius 1 is 1.19 bits per heavy atom. The molecule has 0 unspecified atom stereocenters. The number of nitrogens with one attached hydrogen (secondary N) is 1. The van der Waals surface area contributed by atoms with Crippen molar-refractivity contribution in [3.05, 3.63) is 28.8 Å². The maximum absolute atomic E-state index is 6.23. The summed E-state index contributed by atoms with van der Waals surface area (Å²) in [5, 5.41) is 4.54. The molecule has 1 aromatic rings. The Hall–Kier alpha value is -0.690. The lowest BCUT2D eigenvalue weighted by Crippen LogP contribution is -2.24. The monoisotopic (exact) mass is 235 g/mol. The average molecular weight is 236 g/mol. The summed E-state index contributed by atoms with van der Waals surface area (Å²) >= 11 is 6.23. The summed E-state index contributed by atoms with van der Waals surface area (Å²) in [7, 11) is 0. The highest BCUT2D eigenvalue weighted by Crippen LogP contribution is 2.46. The van der Waals surface area contributed by atoms with Gasteiger partial charge in [-0.25, -0.2) is 0 Å². The summed E-state index contributed by atoms with van der Waals surface area (Å²) in [6.45, 7) is 2.12. The van der Waals surface area contributed by atoms with E-state index >= 15 is 0 Å². The van der Waals surface area contributed by atoms with Gasteiger partial charge in [0.25, 0.3) is 0 Å². The van der Waals surface area contributed by atoms with E-state index in [1.54, 1.807) is 0 Å². The van der Waals surface area contributed by atoms with Crippen LogP contribution < -0.4 is 5.32 Å². The summed E-state index contributed by atoms with van der Waals surface area (Å²) < 4.78 is 0. The fraction of sp³-hybridized carbons (Fsp3) is 0.571. The van der Waals surface area contributed by atoms with Crippen molar-refractivity contribution in [3.63, 3.8) is 0 Å². The minimum atomic E-state index is 0.680. The quantitative estimate of drug-likeness (QED) is 0.823. The van der Waals surface area contributed by atoms with Crippen LogP contribution in [-0.2, 0) is 0 Å². The predicted molar refractivity (Wildman–Crippen MR) is 69.0 cm³/mol. The first kappa shape index (κ1) is 10.5. The summed E-state index contributed by atoms with van der Waals surface area (Å²) in [4.78, 5) is 0. The molecule has 1 N–H and O–H groups in total. The standard InChI is InChI=1S/C14H18ClN/c1-9-2-7-12(15)13(8-9)16-14(10-3-4-10)11-5-6-11/h2,7-8,10-11,14,16H,3-6H2,1H3. The molecule has 0 bridgehead atoms. The molecule has 2 aliphatic rings. The highest BCUT2D eigenvalue weighted by atomic mass is 35.5. The van der Waals surface area contributed by atoms with Crippen molar-refractivity contribution in [3.8, 4) is 0 Å². The molecule has 86 valence electrons. The van der Waals surface area contributed by atoms with Gasteiger partial charge in [0.1, 0.15) is 0 Å². The van der Waals surface area contributed by atoms with E-state index in [0.29, 0.717) is 6.04 Å². The molecule has 0 heterocycles. The van der Waals surface area contributed by atoms with Crippen LogP contribution in [0.5, 0.6) is 0 Å². The van der Waals surface area contributed by atoms with Crippen molar-refractivity contribution in [1.29, 1.82) is 0 Å². The van der Waals surface area contributed by atoms with Gasteiger partial charge in [0.05, 0.1) is 10.7 Å². The molecule has 2 saturated carbocycles. The summed E-state index contributed by atoms with van der Waals surface area (Å²) in [6, 6.07) is 6.91. The van der Waals surface area contributed by atoms with Crippen molar-refractivity contribution < 1.29 is 0 Å². The number of rotatable bonds is 4. The SMILES string of the molecule is Cc1ccc(Cl)c(NC(C2CC2)C2CC2)c1. The summed E-state index contributed by atoms with van der Waals surface area (Å²) in [5.41, 5.74) is 2.41. The Kier molecular flexibility index (Phi) is 2.59. The molecule has 0 aromatic heterocycles. The molecule has 16 heavy (non-hydrogen) atoms. The van der Waals surface area contributed by atoms with E-state index < -0.39 is 0 Å². The van der Waals surface area contributed by atoms with Crippen LogP contribution >= 0.6 is 11.6 Å². The number of benzene rings is 1. The van der Waals surface area contributed by atoms with Gasteiger partial charge >= 0.3 is 0 Å². The normalized spacial score (nSPS) is 20.2. The molecule has 3 rings (SSSR count). The zero-order valence-corrected chi connectivity index (χ0v) is 10.4. The van der Waals surface area contributed by atoms with Crippen molar-refractivity contribution in [2.75, 3.05) is 5.32 Å². The first-order valence-electron chi connectivity index (χ1n) is 6.27. The third-order valence-corrected chi connectivity index (χ3v) is 4.03. The van der Waals surface area contributed by atoms with Crippen molar-refractivity contribution in [2.45, 2.75) is 38.6 Å². The Bertz CT molecular complexity index is 382. The largest absolute Gasteiger partial charge is 0.381 e. The maximum Gasteiger partial charge on any atom is 0.0637 e. The van der Waals surface area contributed by atoms with Crippen LogP contribution in [-0.4, -0.2) is 6.04 Å². The molecule has 2 aliphatic carbocycles. The van der Waals surface area contributed by atoms with Gasteiger partial charge in [-0.3, -0.25) is 0 Å². The van der Waals surface area contributed by atoms with Crippen LogP contribution in [0.3, 0.4) is 0 Å². The first-order chi connectivity index (χ1) is 7.74. The molecule has 1 aromatic carbocycles. The van der Waals surface area contributed by atoms with Crippen LogP contribution in [0.2, 0.25) is 5.02 Å². The average Bonchev–Trinajstić information content (AvgIpc) is 3.13. The highest BCUT2D eigenvalue weighted by Gasteiger charge is 2.41. The number of hydrogen-bond acceptors (Lipinski definition) is 1. The van der Waals surface area contributed by atoms with Gasteiger partial charge < -0.3 is 5.32 Å². The third-order valence-electron chi connectivity index (χ3n) is 3.70. The Morgan fingerprint density at radius 3 is 2.38 bits per heavy atom. The number of halogens is 1. The Morgan fingerprint density at radius 2 is 1.81 bits per heavy atom. The molecular weight excluding hydrogens is 218 g/mol. The second kappa shape index (κ2) is 3.96. The van der Waals surface area contributed by atoms with Gasteiger partial charge in [0.15, 0.2) is 0 Å². The summed E-state index contributed by atoms with van der Waals surface area (Å²) in [5.74, 6) is 1.81. The van der Waals surface area contributed by atoms with Gasteiger partial charge in [-0.1, -0.05) is 17.7 Å². The molecule has 0 spiro atoms. The maximum atomic E-state index is 6.23. The molecule has 0 aliphatic heterocycles. The van der Waals surface area contributed by atoms with E-state index in [9.17, 15) is 0 Å². The Balaban J connectivity index is 1.78. The number of anilines is 1. The van der Waals surface area contributed by atoms with Crippen molar-refractivity contribution in [1.82, 2.24) is 0 Å². The lowest BCUT2D eigenvalue weighted by Gasteiger charge is -2.20. The van der Waals surface area contributed by atoms with Crippen LogP contribution in [0.1, 0.15) is 31.2 Å². The number of hydrogen-bond donors (Lipinski definition) is 1. The molecule has 0 saturated heterocycles. The van der Waals surface area contributed by atoms with Gasteiger partial charge in [-0.05, 0) is 62.1 Å². The van der Waals surface area contributed by atoms with Gasteiger partial charge in [-0.2, -0.15) is 0 Å². The van der Waals surface area contributed by atoms with Crippen molar-refractivity contribution >= 4 is 17.3 Å². The lowest BCUT2D eigenvalue weighted by atomic mass is 10.1.